The van der Waals surface area contributed by atoms with Crippen molar-refractivity contribution in [2.24, 2.45) is 0 Å². The Hall–Kier alpha value is -1.93. The van der Waals surface area contributed by atoms with Crippen molar-refractivity contribution < 1.29 is 14.2 Å². The molecule has 0 aliphatic rings. The Balaban J connectivity index is 2.82. The van der Waals surface area contributed by atoms with Crippen LogP contribution in [0.4, 0.5) is 0 Å². The van der Waals surface area contributed by atoms with Crippen molar-refractivity contribution in [3.63, 3.8) is 0 Å². The van der Waals surface area contributed by atoms with Gasteiger partial charge in [-0.05, 0) is 14.0 Å². The quantitative estimate of drug-likeness (QED) is 0.830. The summed E-state index contributed by atoms with van der Waals surface area (Å²) in [7, 11) is 4.87. The van der Waals surface area contributed by atoms with Crippen LogP contribution in [0.2, 0.25) is 0 Å². The van der Waals surface area contributed by atoms with Crippen molar-refractivity contribution in [1.82, 2.24) is 5.32 Å². The largest absolute Gasteiger partial charge is 0.496 e. The number of methoxy groups -OCH3 is 2. The molecule has 1 unspecified atom stereocenters. The molecule has 0 bridgehead atoms. The maximum atomic E-state index is 9.02. The second-order valence-electron chi connectivity index (χ2n) is 4.03. The number of nitrogens with zero attached hydrogens (tertiary/aromatic N) is 1. The zero-order valence-electron chi connectivity index (χ0n) is 11.1. The van der Waals surface area contributed by atoms with Gasteiger partial charge >= 0.3 is 0 Å². The number of nitriles is 1. The van der Waals surface area contributed by atoms with Gasteiger partial charge in [-0.2, -0.15) is 5.26 Å². The second kappa shape index (κ2) is 6.12. The lowest BCUT2D eigenvalue weighted by Crippen LogP contribution is -2.43. The fraction of sp³-hybridized carbons (Fsp3) is 0.462. The lowest BCUT2D eigenvalue weighted by Gasteiger charge is -2.21. The van der Waals surface area contributed by atoms with Crippen molar-refractivity contribution in [3.8, 4) is 23.3 Å². The van der Waals surface area contributed by atoms with Crippen LogP contribution in [0, 0.1) is 11.3 Å². The van der Waals surface area contributed by atoms with Crippen molar-refractivity contribution in [1.29, 1.82) is 5.26 Å². The van der Waals surface area contributed by atoms with Crippen molar-refractivity contribution in [3.05, 3.63) is 18.2 Å². The number of hydrogen-bond donors (Lipinski definition) is 1. The van der Waals surface area contributed by atoms with E-state index in [0.717, 1.165) is 0 Å². The molecule has 5 nitrogen and oxygen atoms in total. The lowest BCUT2D eigenvalue weighted by molar-refractivity contribution is 0.240. The van der Waals surface area contributed by atoms with Crippen LogP contribution in [-0.4, -0.2) is 33.4 Å². The van der Waals surface area contributed by atoms with Crippen LogP contribution in [0.15, 0.2) is 18.2 Å². The van der Waals surface area contributed by atoms with E-state index in [4.69, 9.17) is 19.5 Å². The minimum Gasteiger partial charge on any atom is -0.496 e. The summed E-state index contributed by atoms with van der Waals surface area (Å²) in [5.41, 5.74) is -0.726. The SMILES string of the molecule is CNC(C)(C#N)COc1cc(OC)cc(OC)c1. The van der Waals surface area contributed by atoms with E-state index < -0.39 is 5.54 Å². The van der Waals surface area contributed by atoms with Crippen LogP contribution in [0.5, 0.6) is 17.2 Å². The summed E-state index contributed by atoms with van der Waals surface area (Å²) in [6, 6.07) is 7.41. The molecule has 1 aromatic rings. The van der Waals surface area contributed by atoms with E-state index in [1.54, 1.807) is 46.4 Å². The summed E-state index contributed by atoms with van der Waals surface area (Å²) in [6.45, 7) is 2.00. The first-order valence-electron chi connectivity index (χ1n) is 5.53. The van der Waals surface area contributed by atoms with Gasteiger partial charge in [0.1, 0.15) is 29.4 Å². The van der Waals surface area contributed by atoms with Gasteiger partial charge in [0, 0.05) is 18.2 Å². The third kappa shape index (κ3) is 3.54. The molecule has 98 valence electrons. The lowest BCUT2D eigenvalue weighted by atomic mass is 10.1. The highest BCUT2D eigenvalue weighted by Crippen LogP contribution is 2.27. The molecule has 0 aliphatic heterocycles. The van der Waals surface area contributed by atoms with Gasteiger partial charge in [0.25, 0.3) is 0 Å². The zero-order chi connectivity index (χ0) is 13.6. The Bertz CT molecular complexity index is 420. The van der Waals surface area contributed by atoms with Gasteiger partial charge in [0.05, 0.1) is 20.3 Å². The fourth-order valence-electron chi connectivity index (χ4n) is 1.25. The molecule has 18 heavy (non-hydrogen) atoms. The van der Waals surface area contributed by atoms with Gasteiger partial charge in [-0.25, -0.2) is 0 Å². The Morgan fingerprint density at radius 1 is 1.17 bits per heavy atom. The molecule has 0 aliphatic carbocycles. The molecule has 0 amide bonds. The molecule has 1 N–H and O–H groups in total. The summed E-state index contributed by atoms with van der Waals surface area (Å²) >= 11 is 0. The molecule has 1 aromatic carbocycles. The molecular formula is C13H18N2O3. The second-order valence-corrected chi connectivity index (χ2v) is 4.03. The Labute approximate surface area is 107 Å². The van der Waals surface area contributed by atoms with Gasteiger partial charge in [-0.3, -0.25) is 5.32 Å². The molecule has 5 heteroatoms. The first-order chi connectivity index (χ1) is 8.56. The topological polar surface area (TPSA) is 63.5 Å². The van der Waals surface area contributed by atoms with E-state index in [-0.39, 0.29) is 6.61 Å². The summed E-state index contributed by atoms with van der Waals surface area (Å²) in [6.07, 6.45) is 0. The minimum atomic E-state index is -0.726. The first-order valence-corrected chi connectivity index (χ1v) is 5.53. The number of hydrogen-bond acceptors (Lipinski definition) is 5. The molecule has 1 rings (SSSR count). The smallest absolute Gasteiger partial charge is 0.137 e. The van der Waals surface area contributed by atoms with Gasteiger partial charge < -0.3 is 14.2 Å². The molecule has 0 radical (unpaired) electrons. The van der Waals surface area contributed by atoms with Crippen LogP contribution >= 0.6 is 0 Å². The molecule has 0 aromatic heterocycles. The normalized spacial score (nSPS) is 13.3. The monoisotopic (exact) mass is 250 g/mol. The Morgan fingerprint density at radius 2 is 1.67 bits per heavy atom. The summed E-state index contributed by atoms with van der Waals surface area (Å²) < 4.78 is 15.9. The van der Waals surface area contributed by atoms with Crippen molar-refractivity contribution in [2.45, 2.75) is 12.5 Å². The molecule has 1 atom stereocenters. The van der Waals surface area contributed by atoms with Crippen LogP contribution in [-0.2, 0) is 0 Å². The third-order valence-corrected chi connectivity index (χ3v) is 2.65. The Kier molecular flexibility index (Phi) is 4.81. The number of ether oxygens (including phenoxy) is 3. The van der Waals surface area contributed by atoms with Crippen LogP contribution in [0.1, 0.15) is 6.92 Å². The van der Waals surface area contributed by atoms with Crippen molar-refractivity contribution >= 4 is 0 Å². The van der Waals surface area contributed by atoms with E-state index >= 15 is 0 Å². The highest BCUT2D eigenvalue weighted by Gasteiger charge is 2.22. The van der Waals surface area contributed by atoms with Crippen LogP contribution in [0.3, 0.4) is 0 Å². The molecule has 0 saturated carbocycles. The predicted molar refractivity (Wildman–Crippen MR) is 68.1 cm³/mol. The average Bonchev–Trinajstić information content (AvgIpc) is 2.44. The standard InChI is InChI=1S/C13H18N2O3/c1-13(8-14,15-2)9-18-12-6-10(16-3)5-11(7-12)17-4/h5-7,15H,9H2,1-4H3. The molecular weight excluding hydrogens is 232 g/mol. The summed E-state index contributed by atoms with van der Waals surface area (Å²) in [4.78, 5) is 0. The number of nitrogens with one attached hydrogen (secondary N) is 1. The van der Waals surface area contributed by atoms with Gasteiger partial charge in [0.2, 0.25) is 0 Å². The fourth-order valence-corrected chi connectivity index (χ4v) is 1.25. The maximum Gasteiger partial charge on any atom is 0.137 e. The molecule has 0 spiro atoms. The Morgan fingerprint density at radius 3 is 2.06 bits per heavy atom. The summed E-state index contributed by atoms with van der Waals surface area (Å²) in [5, 5.41) is 11.9. The number of benzene rings is 1. The maximum absolute atomic E-state index is 9.02. The number of rotatable bonds is 6. The van der Waals surface area contributed by atoms with Gasteiger partial charge in [-0.15, -0.1) is 0 Å². The summed E-state index contributed by atoms with van der Waals surface area (Å²) in [5.74, 6) is 1.89. The molecule has 0 heterocycles. The van der Waals surface area contributed by atoms with E-state index in [1.165, 1.54) is 0 Å². The first kappa shape index (κ1) is 14.1. The van der Waals surface area contributed by atoms with E-state index in [9.17, 15) is 0 Å². The van der Waals surface area contributed by atoms with Crippen LogP contribution in [0.25, 0.3) is 0 Å². The van der Waals surface area contributed by atoms with Gasteiger partial charge in [-0.1, -0.05) is 0 Å². The minimum absolute atomic E-state index is 0.232. The predicted octanol–water partition coefficient (Wildman–Crippen LogP) is 1.58. The number of likely N-dealkylation sites (N-methyl/N-ethyl adjacent to an activating group) is 1. The third-order valence-electron chi connectivity index (χ3n) is 2.65. The molecule has 0 saturated heterocycles. The average molecular weight is 250 g/mol. The van der Waals surface area contributed by atoms with E-state index in [2.05, 4.69) is 11.4 Å². The zero-order valence-corrected chi connectivity index (χ0v) is 11.1. The van der Waals surface area contributed by atoms with E-state index in [0.29, 0.717) is 17.2 Å². The highest BCUT2D eigenvalue weighted by molar-refractivity contribution is 5.42. The highest BCUT2D eigenvalue weighted by atomic mass is 16.5. The van der Waals surface area contributed by atoms with Crippen molar-refractivity contribution in [2.75, 3.05) is 27.9 Å². The van der Waals surface area contributed by atoms with Gasteiger partial charge in [0.15, 0.2) is 0 Å². The van der Waals surface area contributed by atoms with E-state index in [1.807, 2.05) is 0 Å². The van der Waals surface area contributed by atoms with Crippen LogP contribution < -0.4 is 19.5 Å². The molecule has 0 fully saturated rings.